The summed E-state index contributed by atoms with van der Waals surface area (Å²) in [6.07, 6.45) is 0. The molecular formula is C22H14O3. The number of hydrogen-bond donors (Lipinski definition) is 2. The molecule has 0 aliphatic carbocycles. The Labute approximate surface area is 143 Å². The largest absolute Gasteiger partial charge is 0.504 e. The van der Waals surface area contributed by atoms with E-state index in [9.17, 15) is 10.2 Å². The van der Waals surface area contributed by atoms with Crippen molar-refractivity contribution >= 4 is 32.5 Å². The van der Waals surface area contributed by atoms with Crippen LogP contribution in [0.25, 0.3) is 43.8 Å². The molecule has 0 unspecified atom stereocenters. The predicted octanol–water partition coefficient (Wildman–Crippen LogP) is 5.82. The maximum atomic E-state index is 9.72. The first-order chi connectivity index (χ1) is 12.2. The van der Waals surface area contributed by atoms with Gasteiger partial charge >= 0.3 is 0 Å². The predicted molar refractivity (Wildman–Crippen MR) is 100.0 cm³/mol. The van der Waals surface area contributed by atoms with Gasteiger partial charge in [0.25, 0.3) is 0 Å². The number of hydrogen-bond acceptors (Lipinski definition) is 3. The van der Waals surface area contributed by atoms with Crippen molar-refractivity contribution < 1.29 is 14.6 Å². The minimum Gasteiger partial charge on any atom is -0.504 e. The lowest BCUT2D eigenvalue weighted by atomic mass is 9.96. The van der Waals surface area contributed by atoms with Gasteiger partial charge in [0, 0.05) is 17.0 Å². The molecule has 4 aromatic carbocycles. The maximum absolute atomic E-state index is 9.72. The third-order valence-corrected chi connectivity index (χ3v) is 4.65. The lowest BCUT2D eigenvalue weighted by molar-refractivity contribution is 0.404. The first-order valence-electron chi connectivity index (χ1n) is 8.07. The van der Waals surface area contributed by atoms with Gasteiger partial charge in [-0.2, -0.15) is 0 Å². The van der Waals surface area contributed by atoms with Crippen molar-refractivity contribution in [3.63, 3.8) is 0 Å². The van der Waals surface area contributed by atoms with E-state index in [0.717, 1.165) is 21.7 Å². The van der Waals surface area contributed by atoms with Crippen LogP contribution < -0.4 is 0 Å². The van der Waals surface area contributed by atoms with E-state index in [-0.39, 0.29) is 11.5 Å². The smallest absolute Gasteiger partial charge is 0.161 e. The van der Waals surface area contributed by atoms with Crippen LogP contribution in [-0.2, 0) is 0 Å². The third-order valence-electron chi connectivity index (χ3n) is 4.65. The fourth-order valence-corrected chi connectivity index (χ4v) is 3.46. The molecule has 3 nitrogen and oxygen atoms in total. The van der Waals surface area contributed by atoms with E-state index in [1.807, 2.05) is 30.3 Å². The summed E-state index contributed by atoms with van der Waals surface area (Å²) in [4.78, 5) is 0. The second kappa shape index (κ2) is 5.02. The zero-order valence-electron chi connectivity index (χ0n) is 13.2. The van der Waals surface area contributed by atoms with Crippen molar-refractivity contribution in [1.82, 2.24) is 0 Å². The van der Waals surface area contributed by atoms with E-state index in [0.29, 0.717) is 11.3 Å². The summed E-state index contributed by atoms with van der Waals surface area (Å²) in [6.45, 7) is 0. The molecule has 1 aromatic heterocycles. The molecule has 3 heteroatoms. The summed E-state index contributed by atoms with van der Waals surface area (Å²) in [7, 11) is 0. The van der Waals surface area contributed by atoms with Crippen molar-refractivity contribution in [3.05, 3.63) is 72.8 Å². The van der Waals surface area contributed by atoms with Crippen LogP contribution in [0.15, 0.2) is 77.2 Å². The van der Waals surface area contributed by atoms with Crippen molar-refractivity contribution in [2.75, 3.05) is 0 Å². The standard InChI is InChI=1S/C22H14O3/c23-19-10-14-11-22(25-21(14)12-20(19)24)18-9-13-5-1-2-6-15(13)16-7-3-4-8-17(16)18/h1-12,23-24H. The number of phenolic OH excluding ortho intramolecular Hbond substituents is 2. The minimum atomic E-state index is -0.184. The molecule has 0 aliphatic rings. The molecule has 0 radical (unpaired) electrons. The number of fused-ring (bicyclic) bond motifs is 4. The van der Waals surface area contributed by atoms with Crippen LogP contribution in [0.2, 0.25) is 0 Å². The molecule has 0 saturated carbocycles. The second-order valence-corrected chi connectivity index (χ2v) is 6.18. The highest BCUT2D eigenvalue weighted by Gasteiger charge is 2.14. The first-order valence-corrected chi connectivity index (χ1v) is 8.07. The topological polar surface area (TPSA) is 53.6 Å². The lowest BCUT2D eigenvalue weighted by Gasteiger charge is -2.08. The SMILES string of the molecule is Oc1cc2cc(-c3cc4ccccc4c4ccccc34)oc2cc1O. The van der Waals surface area contributed by atoms with E-state index in [1.54, 1.807) is 0 Å². The third kappa shape index (κ3) is 2.06. The normalized spacial score (nSPS) is 11.5. The Hall–Kier alpha value is -3.46. The van der Waals surface area contributed by atoms with E-state index >= 15 is 0 Å². The van der Waals surface area contributed by atoms with Gasteiger partial charge in [-0.25, -0.2) is 0 Å². The Morgan fingerprint density at radius 3 is 2.12 bits per heavy atom. The van der Waals surface area contributed by atoms with Crippen LogP contribution in [0.3, 0.4) is 0 Å². The van der Waals surface area contributed by atoms with Gasteiger partial charge in [-0.1, -0.05) is 48.5 Å². The van der Waals surface area contributed by atoms with Crippen LogP contribution in [0.1, 0.15) is 0 Å². The van der Waals surface area contributed by atoms with Crippen LogP contribution in [0.4, 0.5) is 0 Å². The highest BCUT2D eigenvalue weighted by atomic mass is 16.3. The fourth-order valence-electron chi connectivity index (χ4n) is 3.46. The first kappa shape index (κ1) is 13.9. The molecule has 5 aromatic rings. The molecule has 0 spiro atoms. The Morgan fingerprint density at radius 2 is 1.28 bits per heavy atom. The van der Waals surface area contributed by atoms with Gasteiger partial charge in [-0.3, -0.25) is 0 Å². The lowest BCUT2D eigenvalue weighted by Crippen LogP contribution is -1.82. The molecule has 0 saturated heterocycles. The maximum Gasteiger partial charge on any atom is 0.161 e. The van der Waals surface area contributed by atoms with E-state index < -0.39 is 0 Å². The Morgan fingerprint density at radius 1 is 0.600 bits per heavy atom. The zero-order valence-corrected chi connectivity index (χ0v) is 13.2. The fraction of sp³-hybridized carbons (Fsp3) is 0. The monoisotopic (exact) mass is 326 g/mol. The van der Waals surface area contributed by atoms with Gasteiger partial charge < -0.3 is 14.6 Å². The number of benzene rings is 4. The number of rotatable bonds is 1. The van der Waals surface area contributed by atoms with E-state index in [2.05, 4.69) is 30.3 Å². The van der Waals surface area contributed by atoms with Crippen LogP contribution in [-0.4, -0.2) is 10.2 Å². The van der Waals surface area contributed by atoms with Gasteiger partial charge in [0.1, 0.15) is 11.3 Å². The molecule has 0 bridgehead atoms. The molecule has 0 atom stereocenters. The van der Waals surface area contributed by atoms with Crippen molar-refractivity contribution in [1.29, 1.82) is 0 Å². The number of aromatic hydroxyl groups is 2. The molecule has 0 amide bonds. The van der Waals surface area contributed by atoms with Crippen LogP contribution in [0.5, 0.6) is 11.5 Å². The average Bonchev–Trinajstić information content (AvgIpc) is 3.04. The van der Waals surface area contributed by atoms with E-state index in [1.165, 1.54) is 22.9 Å². The molecule has 25 heavy (non-hydrogen) atoms. The summed E-state index contributed by atoms with van der Waals surface area (Å²) in [5, 5.41) is 24.8. The average molecular weight is 326 g/mol. The Bertz CT molecular complexity index is 1230. The molecule has 1 heterocycles. The van der Waals surface area contributed by atoms with Gasteiger partial charge in [0.05, 0.1) is 0 Å². The quantitative estimate of drug-likeness (QED) is 0.301. The second-order valence-electron chi connectivity index (χ2n) is 6.18. The van der Waals surface area contributed by atoms with Gasteiger partial charge in [-0.05, 0) is 39.7 Å². The van der Waals surface area contributed by atoms with Gasteiger partial charge in [-0.15, -0.1) is 0 Å². The Kier molecular flexibility index (Phi) is 2.80. The van der Waals surface area contributed by atoms with Gasteiger partial charge in [0.15, 0.2) is 11.5 Å². The summed E-state index contributed by atoms with van der Waals surface area (Å²) in [6, 6.07) is 23.5. The van der Waals surface area contributed by atoms with Crippen molar-refractivity contribution in [2.45, 2.75) is 0 Å². The highest BCUT2D eigenvalue weighted by molar-refractivity contribution is 6.13. The molecular weight excluding hydrogens is 312 g/mol. The molecule has 5 rings (SSSR count). The molecule has 120 valence electrons. The highest BCUT2D eigenvalue weighted by Crippen LogP contribution is 2.39. The van der Waals surface area contributed by atoms with Crippen molar-refractivity contribution in [2.24, 2.45) is 0 Å². The molecule has 2 N–H and O–H groups in total. The molecule has 0 fully saturated rings. The summed E-state index contributed by atoms with van der Waals surface area (Å²) >= 11 is 0. The number of furan rings is 1. The van der Waals surface area contributed by atoms with E-state index in [4.69, 9.17) is 4.42 Å². The number of phenols is 2. The van der Waals surface area contributed by atoms with Crippen LogP contribution >= 0.6 is 0 Å². The zero-order chi connectivity index (χ0) is 17.0. The summed E-state index contributed by atoms with van der Waals surface area (Å²) < 4.78 is 5.98. The van der Waals surface area contributed by atoms with Crippen LogP contribution in [0, 0.1) is 0 Å². The molecule has 0 aliphatic heterocycles. The van der Waals surface area contributed by atoms with Gasteiger partial charge in [0.2, 0.25) is 0 Å². The van der Waals surface area contributed by atoms with Crippen molar-refractivity contribution in [3.8, 4) is 22.8 Å². The summed E-state index contributed by atoms with van der Waals surface area (Å²) in [5.41, 5.74) is 1.53. The summed E-state index contributed by atoms with van der Waals surface area (Å²) in [5.74, 6) is 0.377. The Balaban J connectivity index is 1.88. The minimum absolute atomic E-state index is 0.150.